The standard InChI is InChI=1S/C23H31N3O3/c1-15-3-6-21-22(26(15)16(2)27)8-7-20(18(11-24)12-25-19-4-5-19)23(21)29-10-9-17-13-28-14-17/h7-8,11-12,15,17,19H,3-6,9-10,13-14,24H2,1-2H3/t15-/m0/s1. The van der Waals surface area contributed by atoms with E-state index >= 15 is 0 Å². The van der Waals surface area contributed by atoms with Crippen molar-refractivity contribution in [3.8, 4) is 5.75 Å². The Balaban J connectivity index is 1.68. The normalized spacial score (nSPS) is 22.5. The highest BCUT2D eigenvalue weighted by Crippen LogP contribution is 2.41. The van der Waals surface area contributed by atoms with E-state index in [0.29, 0.717) is 18.6 Å². The minimum atomic E-state index is 0.0636. The molecule has 2 N–H and O–H groups in total. The first-order valence-corrected chi connectivity index (χ1v) is 10.7. The highest BCUT2D eigenvalue weighted by molar-refractivity contribution is 6.11. The minimum Gasteiger partial charge on any atom is -0.493 e. The van der Waals surface area contributed by atoms with E-state index in [1.807, 2.05) is 23.2 Å². The fraction of sp³-hybridized carbons (Fsp3) is 0.565. The van der Waals surface area contributed by atoms with Gasteiger partial charge in [0.05, 0.1) is 31.5 Å². The van der Waals surface area contributed by atoms with Crippen LogP contribution in [0.1, 0.15) is 50.7 Å². The number of hydrogen-bond acceptors (Lipinski definition) is 5. The number of carbonyl (C=O) groups excluding carboxylic acids is 1. The first kappa shape index (κ1) is 20.0. The van der Waals surface area contributed by atoms with Crippen LogP contribution in [0.4, 0.5) is 5.69 Å². The second kappa shape index (κ2) is 8.57. The van der Waals surface area contributed by atoms with Crippen molar-refractivity contribution in [2.75, 3.05) is 24.7 Å². The Bertz CT molecular complexity index is 825. The topological polar surface area (TPSA) is 77.2 Å². The van der Waals surface area contributed by atoms with Crippen molar-refractivity contribution in [2.24, 2.45) is 16.6 Å². The molecule has 0 radical (unpaired) electrons. The second-order valence-electron chi connectivity index (χ2n) is 8.39. The Hall–Kier alpha value is -2.34. The van der Waals surface area contributed by atoms with Crippen LogP contribution in [0.3, 0.4) is 0 Å². The van der Waals surface area contributed by atoms with Crippen LogP contribution in [0.25, 0.3) is 5.57 Å². The van der Waals surface area contributed by atoms with Crippen molar-refractivity contribution >= 4 is 23.4 Å². The average Bonchev–Trinajstić information content (AvgIpc) is 3.48. The lowest BCUT2D eigenvalue weighted by Gasteiger charge is -2.36. The Morgan fingerprint density at radius 2 is 2.14 bits per heavy atom. The van der Waals surface area contributed by atoms with Crippen molar-refractivity contribution in [3.63, 3.8) is 0 Å². The number of nitrogens with two attached hydrogens (primary N) is 1. The molecule has 1 saturated carbocycles. The summed E-state index contributed by atoms with van der Waals surface area (Å²) < 4.78 is 11.6. The van der Waals surface area contributed by atoms with Crippen molar-refractivity contribution in [1.82, 2.24) is 0 Å². The van der Waals surface area contributed by atoms with Crippen LogP contribution in [0, 0.1) is 5.92 Å². The van der Waals surface area contributed by atoms with Crippen LogP contribution in [-0.2, 0) is 16.0 Å². The van der Waals surface area contributed by atoms with Gasteiger partial charge in [-0.05, 0) is 51.2 Å². The van der Waals surface area contributed by atoms with Gasteiger partial charge in [-0.2, -0.15) is 0 Å². The fourth-order valence-electron chi connectivity index (χ4n) is 4.07. The van der Waals surface area contributed by atoms with Gasteiger partial charge in [0.25, 0.3) is 0 Å². The molecule has 2 heterocycles. The summed E-state index contributed by atoms with van der Waals surface area (Å²) in [5.74, 6) is 1.49. The molecule has 0 bridgehead atoms. The molecule has 156 valence electrons. The SMILES string of the molecule is CC(=O)N1c2ccc(C(C=NC3CC3)=CN)c(OCCC3COC3)c2CC[C@@H]1C. The maximum absolute atomic E-state index is 12.3. The van der Waals surface area contributed by atoms with Crippen LogP contribution in [0.15, 0.2) is 23.3 Å². The molecule has 1 aromatic rings. The van der Waals surface area contributed by atoms with Crippen LogP contribution < -0.4 is 15.4 Å². The molecule has 4 rings (SSSR count). The van der Waals surface area contributed by atoms with E-state index in [1.165, 1.54) is 0 Å². The van der Waals surface area contributed by atoms with Gasteiger partial charge in [0.15, 0.2) is 0 Å². The summed E-state index contributed by atoms with van der Waals surface area (Å²) in [5, 5.41) is 0. The molecule has 0 spiro atoms. The molecule has 1 aromatic carbocycles. The first-order chi connectivity index (χ1) is 14.1. The van der Waals surface area contributed by atoms with Gasteiger partial charge in [-0.25, -0.2) is 0 Å². The summed E-state index contributed by atoms with van der Waals surface area (Å²) in [6.45, 7) is 6.00. The maximum atomic E-state index is 12.3. The second-order valence-corrected chi connectivity index (χ2v) is 8.39. The lowest BCUT2D eigenvalue weighted by molar-refractivity contribution is -0.117. The molecule has 1 amide bonds. The number of benzene rings is 1. The summed E-state index contributed by atoms with van der Waals surface area (Å²) in [7, 11) is 0. The summed E-state index contributed by atoms with van der Waals surface area (Å²) >= 11 is 0. The van der Waals surface area contributed by atoms with Crippen molar-refractivity contribution < 1.29 is 14.3 Å². The molecule has 1 atom stereocenters. The molecule has 29 heavy (non-hydrogen) atoms. The lowest BCUT2D eigenvalue weighted by Crippen LogP contribution is -2.41. The quantitative estimate of drug-likeness (QED) is 0.716. The zero-order valence-corrected chi connectivity index (χ0v) is 17.4. The van der Waals surface area contributed by atoms with Gasteiger partial charge in [0.1, 0.15) is 5.75 Å². The Morgan fingerprint density at radius 1 is 1.34 bits per heavy atom. The molecule has 6 heteroatoms. The summed E-state index contributed by atoms with van der Waals surface area (Å²) in [6.07, 6.45) is 8.55. The Labute approximate surface area is 172 Å². The molecule has 0 aromatic heterocycles. The fourth-order valence-corrected chi connectivity index (χ4v) is 4.07. The summed E-state index contributed by atoms with van der Waals surface area (Å²) in [4.78, 5) is 18.8. The number of ether oxygens (including phenoxy) is 2. The average molecular weight is 398 g/mol. The molecular weight excluding hydrogens is 366 g/mol. The molecule has 2 fully saturated rings. The van der Waals surface area contributed by atoms with Crippen LogP contribution in [0.5, 0.6) is 5.75 Å². The smallest absolute Gasteiger partial charge is 0.224 e. The van der Waals surface area contributed by atoms with Crippen LogP contribution in [-0.4, -0.2) is 44.0 Å². The van der Waals surface area contributed by atoms with Gasteiger partial charge in [-0.3, -0.25) is 9.79 Å². The predicted octanol–water partition coefficient (Wildman–Crippen LogP) is 3.32. The number of amides is 1. The van der Waals surface area contributed by atoms with E-state index in [9.17, 15) is 4.79 Å². The number of fused-ring (bicyclic) bond motifs is 1. The van der Waals surface area contributed by atoms with Crippen molar-refractivity contribution in [3.05, 3.63) is 29.5 Å². The highest BCUT2D eigenvalue weighted by Gasteiger charge is 2.30. The molecule has 1 aliphatic carbocycles. The van der Waals surface area contributed by atoms with Crippen molar-refractivity contribution in [1.29, 1.82) is 0 Å². The molecule has 6 nitrogen and oxygen atoms in total. The molecule has 3 aliphatic rings. The van der Waals surface area contributed by atoms with E-state index < -0.39 is 0 Å². The molecule has 0 unspecified atom stereocenters. The van der Waals surface area contributed by atoms with Gasteiger partial charge >= 0.3 is 0 Å². The van der Waals surface area contributed by atoms with Gasteiger partial charge in [0, 0.05) is 48.0 Å². The highest BCUT2D eigenvalue weighted by atomic mass is 16.5. The number of rotatable bonds is 7. The maximum Gasteiger partial charge on any atom is 0.224 e. The lowest BCUT2D eigenvalue weighted by atomic mass is 9.91. The van der Waals surface area contributed by atoms with Gasteiger partial charge in [0.2, 0.25) is 5.91 Å². The third-order valence-corrected chi connectivity index (χ3v) is 6.03. The molecular formula is C23H31N3O3. The molecule has 1 saturated heterocycles. The number of nitrogens with zero attached hydrogens (tertiary/aromatic N) is 2. The largest absolute Gasteiger partial charge is 0.493 e. The van der Waals surface area contributed by atoms with Crippen LogP contribution in [0.2, 0.25) is 0 Å². The van der Waals surface area contributed by atoms with Crippen LogP contribution >= 0.6 is 0 Å². The summed E-state index contributed by atoms with van der Waals surface area (Å²) in [6, 6.07) is 4.67. The van der Waals surface area contributed by atoms with E-state index in [2.05, 4.69) is 11.9 Å². The number of carbonyl (C=O) groups is 1. The number of hydrogen-bond donors (Lipinski definition) is 1. The van der Waals surface area contributed by atoms with E-state index in [0.717, 1.165) is 73.5 Å². The van der Waals surface area contributed by atoms with Gasteiger partial charge in [-0.1, -0.05) is 0 Å². The third-order valence-electron chi connectivity index (χ3n) is 6.03. The predicted molar refractivity (Wildman–Crippen MR) is 115 cm³/mol. The summed E-state index contributed by atoms with van der Waals surface area (Å²) in [5.41, 5.74) is 9.85. The monoisotopic (exact) mass is 397 g/mol. The van der Waals surface area contributed by atoms with E-state index in [4.69, 9.17) is 15.2 Å². The first-order valence-electron chi connectivity index (χ1n) is 10.7. The number of allylic oxidation sites excluding steroid dienone is 1. The Kier molecular flexibility index (Phi) is 5.90. The zero-order valence-electron chi connectivity index (χ0n) is 17.4. The Morgan fingerprint density at radius 3 is 2.76 bits per heavy atom. The molecule has 2 aliphatic heterocycles. The van der Waals surface area contributed by atoms with E-state index in [1.54, 1.807) is 13.1 Å². The number of aliphatic imine (C=N–C) groups is 1. The van der Waals surface area contributed by atoms with Gasteiger partial charge in [-0.15, -0.1) is 0 Å². The number of anilines is 1. The van der Waals surface area contributed by atoms with Crippen molar-refractivity contribution in [2.45, 2.75) is 58.0 Å². The zero-order chi connectivity index (χ0) is 20.4. The van der Waals surface area contributed by atoms with Gasteiger partial charge < -0.3 is 20.1 Å². The van der Waals surface area contributed by atoms with E-state index in [-0.39, 0.29) is 11.9 Å². The minimum absolute atomic E-state index is 0.0636. The third kappa shape index (κ3) is 4.32.